The van der Waals surface area contributed by atoms with E-state index in [1.54, 1.807) is 6.92 Å². The number of hydrogen-bond donors (Lipinski definition) is 1. The predicted molar refractivity (Wildman–Crippen MR) is 47.4 cm³/mol. The largest absolute Gasteiger partial charge is 0.354 e. The monoisotopic (exact) mass is 157 g/mol. The molecule has 0 atom stereocenters. The van der Waals surface area contributed by atoms with Gasteiger partial charge in [0, 0.05) is 14.4 Å². The first-order valence-electron chi connectivity index (χ1n) is 4.56. The Labute approximate surface area is 69.8 Å². The molecule has 0 spiro atoms. The van der Waals surface area contributed by atoms with Gasteiger partial charge in [0.1, 0.15) is 0 Å². The van der Waals surface area contributed by atoms with Crippen molar-refractivity contribution < 1.29 is 6.22 Å². The minimum Gasteiger partial charge on any atom is -0.354 e. The molecule has 11 heavy (non-hydrogen) atoms. The van der Waals surface area contributed by atoms with Gasteiger partial charge in [0.05, 0.1) is 0 Å². The summed E-state index contributed by atoms with van der Waals surface area (Å²) in [6.07, 6.45) is 7.61. The zero-order chi connectivity index (χ0) is 8.10. The molecule has 2 heteroatoms. The van der Waals surface area contributed by atoms with Gasteiger partial charge in [-0.2, -0.15) is 0 Å². The number of nitrogens with one attached hydrogen (secondary N) is 1. The van der Waals surface area contributed by atoms with Gasteiger partial charge in [-0.3, -0.25) is 4.79 Å². The Balaban J connectivity index is 0.00000121. The van der Waals surface area contributed by atoms with E-state index in [0.29, 0.717) is 6.04 Å². The average Bonchev–Trinajstić information content (AvgIpc) is 2.14. The fourth-order valence-electron chi connectivity index (χ4n) is 1.71. The molecular weight excluding hydrogens is 138 g/mol. The average molecular weight is 157 g/mol. The lowest BCUT2D eigenvalue weighted by molar-refractivity contribution is -0.119. The van der Waals surface area contributed by atoms with Crippen molar-refractivity contribution in [2.45, 2.75) is 51.5 Å². The third kappa shape index (κ3) is 3.40. The molecule has 0 aromatic carbocycles. The second-order valence-corrected chi connectivity index (χ2v) is 3.39. The molecule has 0 bridgehead atoms. The Morgan fingerprint density at radius 2 is 1.82 bits per heavy atom. The summed E-state index contributed by atoms with van der Waals surface area (Å²) in [6, 6.07) is 0.468. The van der Waals surface area contributed by atoms with Gasteiger partial charge in [0.2, 0.25) is 5.91 Å². The Morgan fingerprint density at radius 1 is 1.27 bits per heavy atom. The van der Waals surface area contributed by atoms with E-state index in [2.05, 4.69) is 5.32 Å². The van der Waals surface area contributed by atoms with E-state index in [1.807, 2.05) is 0 Å². The summed E-state index contributed by atoms with van der Waals surface area (Å²) < 4.78 is 0. The zero-order valence-corrected chi connectivity index (χ0v) is 7.23. The highest BCUT2D eigenvalue weighted by Crippen LogP contribution is 2.16. The second-order valence-electron chi connectivity index (χ2n) is 3.39. The van der Waals surface area contributed by atoms with E-state index in [-0.39, 0.29) is 7.33 Å². The first kappa shape index (κ1) is 8.57. The maximum absolute atomic E-state index is 10.7. The lowest BCUT2D eigenvalue weighted by Crippen LogP contribution is -2.32. The SMILES string of the molecule is CC(=O)NC1CCCCCC1.[HH]. The molecule has 0 unspecified atom stereocenters. The molecule has 1 saturated carbocycles. The van der Waals surface area contributed by atoms with Crippen molar-refractivity contribution in [3.05, 3.63) is 0 Å². The molecule has 0 aliphatic heterocycles. The Kier molecular flexibility index (Phi) is 3.40. The molecule has 0 heterocycles. The minimum atomic E-state index is 0. The Bertz CT molecular complexity index is 130. The number of carbonyl (C=O) groups is 1. The molecular formula is C9H19NO. The molecule has 66 valence electrons. The fraction of sp³-hybridized carbons (Fsp3) is 0.889. The molecule has 1 N–H and O–H groups in total. The highest BCUT2D eigenvalue weighted by atomic mass is 16.1. The van der Waals surface area contributed by atoms with Crippen LogP contribution in [0.1, 0.15) is 46.9 Å². The van der Waals surface area contributed by atoms with Crippen LogP contribution in [0.25, 0.3) is 0 Å². The van der Waals surface area contributed by atoms with Crippen LogP contribution in [0.3, 0.4) is 0 Å². The maximum atomic E-state index is 10.7. The summed E-state index contributed by atoms with van der Waals surface area (Å²) in [5.41, 5.74) is 0. The summed E-state index contributed by atoms with van der Waals surface area (Å²) in [7, 11) is 0. The van der Waals surface area contributed by atoms with Crippen molar-refractivity contribution in [3.63, 3.8) is 0 Å². The molecule has 0 aromatic rings. The Morgan fingerprint density at radius 3 is 2.27 bits per heavy atom. The summed E-state index contributed by atoms with van der Waals surface area (Å²) in [5.74, 6) is 0.122. The van der Waals surface area contributed by atoms with Crippen LogP contribution in [0.15, 0.2) is 0 Å². The molecule has 0 saturated heterocycles. The summed E-state index contributed by atoms with van der Waals surface area (Å²) in [5, 5.41) is 2.98. The molecule has 1 amide bonds. The van der Waals surface area contributed by atoms with Gasteiger partial charge in [0.15, 0.2) is 0 Å². The van der Waals surface area contributed by atoms with Crippen LogP contribution in [-0.4, -0.2) is 11.9 Å². The van der Waals surface area contributed by atoms with E-state index in [0.717, 1.165) is 0 Å². The molecule has 0 radical (unpaired) electrons. The van der Waals surface area contributed by atoms with Gasteiger partial charge in [-0.1, -0.05) is 25.7 Å². The van der Waals surface area contributed by atoms with E-state index < -0.39 is 0 Å². The first-order chi connectivity index (χ1) is 5.29. The number of carbonyl (C=O) groups excluding carboxylic acids is 1. The minimum absolute atomic E-state index is 0. The molecule has 1 aliphatic rings. The quantitative estimate of drug-likeness (QED) is 0.580. The number of hydrogen-bond acceptors (Lipinski definition) is 1. The fourth-order valence-corrected chi connectivity index (χ4v) is 1.71. The van der Waals surface area contributed by atoms with E-state index in [9.17, 15) is 4.79 Å². The smallest absolute Gasteiger partial charge is 0.217 e. The van der Waals surface area contributed by atoms with Gasteiger partial charge in [-0.15, -0.1) is 0 Å². The second kappa shape index (κ2) is 4.37. The summed E-state index contributed by atoms with van der Waals surface area (Å²) >= 11 is 0. The van der Waals surface area contributed by atoms with Crippen molar-refractivity contribution in [1.29, 1.82) is 0 Å². The third-order valence-electron chi connectivity index (χ3n) is 2.26. The van der Waals surface area contributed by atoms with Crippen LogP contribution in [0.4, 0.5) is 0 Å². The molecule has 0 aromatic heterocycles. The van der Waals surface area contributed by atoms with Gasteiger partial charge in [0.25, 0.3) is 0 Å². The van der Waals surface area contributed by atoms with Crippen LogP contribution in [0, 0.1) is 0 Å². The highest BCUT2D eigenvalue weighted by molar-refractivity contribution is 5.73. The normalized spacial score (nSPS) is 20.8. The van der Waals surface area contributed by atoms with Crippen molar-refractivity contribution in [3.8, 4) is 0 Å². The number of amides is 1. The zero-order valence-electron chi connectivity index (χ0n) is 7.23. The van der Waals surface area contributed by atoms with Crippen LogP contribution >= 0.6 is 0 Å². The van der Waals surface area contributed by atoms with Gasteiger partial charge in [-0.05, 0) is 12.8 Å². The van der Waals surface area contributed by atoms with Crippen molar-refractivity contribution >= 4 is 5.91 Å². The molecule has 1 aliphatic carbocycles. The van der Waals surface area contributed by atoms with E-state index >= 15 is 0 Å². The van der Waals surface area contributed by atoms with Crippen LogP contribution in [0.2, 0.25) is 0 Å². The molecule has 1 fully saturated rings. The summed E-state index contributed by atoms with van der Waals surface area (Å²) in [6.45, 7) is 1.60. The van der Waals surface area contributed by atoms with Gasteiger partial charge in [-0.25, -0.2) is 0 Å². The van der Waals surface area contributed by atoms with Gasteiger partial charge < -0.3 is 5.32 Å². The lowest BCUT2D eigenvalue weighted by atomic mass is 10.1. The maximum Gasteiger partial charge on any atom is 0.217 e. The first-order valence-corrected chi connectivity index (χ1v) is 4.56. The number of rotatable bonds is 1. The topological polar surface area (TPSA) is 29.1 Å². The van der Waals surface area contributed by atoms with E-state index in [1.165, 1.54) is 38.5 Å². The third-order valence-corrected chi connectivity index (χ3v) is 2.26. The van der Waals surface area contributed by atoms with Crippen molar-refractivity contribution in [2.24, 2.45) is 0 Å². The molecule has 2 nitrogen and oxygen atoms in total. The summed E-state index contributed by atoms with van der Waals surface area (Å²) in [4.78, 5) is 10.7. The van der Waals surface area contributed by atoms with Crippen LogP contribution < -0.4 is 5.32 Å². The highest BCUT2D eigenvalue weighted by Gasteiger charge is 2.11. The van der Waals surface area contributed by atoms with Crippen molar-refractivity contribution in [1.82, 2.24) is 5.32 Å². The Hall–Kier alpha value is -0.530. The predicted octanol–water partition coefficient (Wildman–Crippen LogP) is 2.09. The van der Waals surface area contributed by atoms with Gasteiger partial charge >= 0.3 is 0 Å². The molecule has 1 rings (SSSR count). The van der Waals surface area contributed by atoms with Crippen LogP contribution in [-0.2, 0) is 4.79 Å². The lowest BCUT2D eigenvalue weighted by Gasteiger charge is -2.13. The van der Waals surface area contributed by atoms with E-state index in [4.69, 9.17) is 0 Å². The van der Waals surface area contributed by atoms with Crippen molar-refractivity contribution in [2.75, 3.05) is 0 Å². The van der Waals surface area contributed by atoms with Crippen LogP contribution in [0.5, 0.6) is 0 Å². The standard InChI is InChI=1S/C9H17NO.H2/c1-8(11)10-9-6-4-2-3-5-7-9;/h9H,2-7H2,1H3,(H,10,11);1H.